The molecular weight excluding hydrogens is 895 g/mol. The molecule has 1 aliphatic heterocycles. The van der Waals surface area contributed by atoms with Crippen LogP contribution in [0.5, 0.6) is 11.5 Å². The maximum absolute atomic E-state index is 13.3. The SMILES string of the molecule is COc1cc(Nc2nc(N[C@H]3CCCC[C@H]3N)n3ccnc3c2C(N)=O)cc(OCCOCCOCCOCC(=O)N[C@@H](C)C(=O)N2CCC[C@H]2C(=O)NCc2ccc(-c3scnc3C)cc2)c1. The highest BCUT2D eigenvalue weighted by Crippen LogP contribution is 2.32. The van der Waals surface area contributed by atoms with Gasteiger partial charge in [-0.1, -0.05) is 37.1 Å². The van der Waals surface area contributed by atoms with Gasteiger partial charge in [-0.15, -0.1) is 11.3 Å². The quantitative estimate of drug-likeness (QED) is 0.0479. The zero-order valence-electron chi connectivity index (χ0n) is 38.7. The van der Waals surface area contributed by atoms with Gasteiger partial charge in [0.25, 0.3) is 5.91 Å². The van der Waals surface area contributed by atoms with Crippen molar-refractivity contribution in [1.29, 1.82) is 0 Å². The number of ether oxygens (including phenoxy) is 5. The van der Waals surface area contributed by atoms with E-state index >= 15 is 0 Å². The second kappa shape index (κ2) is 24.1. The third kappa shape index (κ3) is 13.0. The Labute approximate surface area is 398 Å². The summed E-state index contributed by atoms with van der Waals surface area (Å²) in [4.78, 5) is 67.9. The number of benzene rings is 2. The first kappa shape index (κ1) is 49.5. The highest BCUT2D eigenvalue weighted by molar-refractivity contribution is 7.13. The molecule has 3 aromatic heterocycles. The van der Waals surface area contributed by atoms with Gasteiger partial charge in [-0.3, -0.25) is 23.6 Å². The molecule has 4 atom stereocenters. The lowest BCUT2D eigenvalue weighted by Gasteiger charge is -2.30. The van der Waals surface area contributed by atoms with E-state index in [9.17, 15) is 19.2 Å². The average molecular weight is 956 g/mol. The van der Waals surface area contributed by atoms with Crippen molar-refractivity contribution in [3.05, 3.63) is 77.2 Å². The molecule has 1 saturated carbocycles. The molecule has 2 fully saturated rings. The fraction of sp³-hybridized carbons (Fsp3) is 0.468. The van der Waals surface area contributed by atoms with E-state index in [1.165, 1.54) is 7.11 Å². The van der Waals surface area contributed by atoms with Gasteiger partial charge < -0.3 is 61.3 Å². The molecule has 4 amide bonds. The maximum Gasteiger partial charge on any atom is 0.256 e. The number of carbonyl (C=O) groups excluding carboxylic acids is 4. The van der Waals surface area contributed by atoms with E-state index < -0.39 is 23.9 Å². The van der Waals surface area contributed by atoms with Crippen molar-refractivity contribution in [2.45, 2.75) is 83.1 Å². The van der Waals surface area contributed by atoms with Gasteiger partial charge in [0.2, 0.25) is 23.7 Å². The largest absolute Gasteiger partial charge is 0.497 e. The molecule has 1 aliphatic carbocycles. The zero-order valence-corrected chi connectivity index (χ0v) is 39.5. The van der Waals surface area contributed by atoms with Crippen LogP contribution in [0.4, 0.5) is 17.5 Å². The van der Waals surface area contributed by atoms with Crippen molar-refractivity contribution in [2.24, 2.45) is 11.5 Å². The van der Waals surface area contributed by atoms with Crippen molar-refractivity contribution in [2.75, 3.05) is 70.5 Å². The molecule has 2 aliphatic rings. The van der Waals surface area contributed by atoms with Crippen LogP contribution in [0.15, 0.2) is 60.4 Å². The topological polar surface area (TPSA) is 261 Å². The van der Waals surface area contributed by atoms with E-state index in [-0.39, 0.29) is 74.9 Å². The Morgan fingerprint density at radius 2 is 1.65 bits per heavy atom. The number of hydrogen-bond acceptors (Lipinski definition) is 16. The smallest absolute Gasteiger partial charge is 0.256 e. The molecule has 68 heavy (non-hydrogen) atoms. The van der Waals surface area contributed by atoms with Gasteiger partial charge >= 0.3 is 0 Å². The molecule has 21 heteroatoms. The number of thiazole rings is 1. The predicted molar refractivity (Wildman–Crippen MR) is 256 cm³/mol. The molecule has 8 N–H and O–H groups in total. The molecule has 5 aromatic rings. The number of anilines is 3. The molecule has 1 saturated heterocycles. The van der Waals surface area contributed by atoms with Gasteiger partial charge in [0.05, 0.1) is 56.2 Å². The lowest BCUT2D eigenvalue weighted by Crippen LogP contribution is -2.52. The van der Waals surface area contributed by atoms with Crippen LogP contribution in [0.2, 0.25) is 0 Å². The Morgan fingerprint density at radius 1 is 0.912 bits per heavy atom. The van der Waals surface area contributed by atoms with Crippen molar-refractivity contribution in [3.8, 4) is 21.9 Å². The van der Waals surface area contributed by atoms with E-state index in [1.54, 1.807) is 58.2 Å². The summed E-state index contributed by atoms with van der Waals surface area (Å²) in [5, 5.41) is 12.3. The molecule has 7 rings (SSSR count). The van der Waals surface area contributed by atoms with Crippen LogP contribution in [0.1, 0.15) is 67.1 Å². The Morgan fingerprint density at radius 3 is 2.37 bits per heavy atom. The minimum absolute atomic E-state index is 0.00879. The summed E-state index contributed by atoms with van der Waals surface area (Å²) in [5.74, 6) is 0.00642. The number of aromatic nitrogens is 4. The van der Waals surface area contributed by atoms with Crippen molar-refractivity contribution < 1.29 is 42.9 Å². The van der Waals surface area contributed by atoms with Crippen LogP contribution >= 0.6 is 11.3 Å². The van der Waals surface area contributed by atoms with Gasteiger partial charge in [-0.05, 0) is 50.7 Å². The maximum atomic E-state index is 13.3. The number of nitrogens with zero attached hydrogens (tertiary/aromatic N) is 5. The molecule has 0 unspecified atom stereocenters. The monoisotopic (exact) mass is 955 g/mol. The Kier molecular flexibility index (Phi) is 17.5. The van der Waals surface area contributed by atoms with Gasteiger partial charge in [0.1, 0.15) is 42.4 Å². The fourth-order valence-corrected chi connectivity index (χ4v) is 9.08. The lowest BCUT2D eigenvalue weighted by molar-refractivity contribution is -0.141. The number of nitrogens with two attached hydrogens (primary N) is 2. The van der Waals surface area contributed by atoms with E-state index in [1.807, 2.05) is 36.7 Å². The van der Waals surface area contributed by atoms with Crippen molar-refractivity contribution in [1.82, 2.24) is 34.9 Å². The third-order valence-electron chi connectivity index (χ3n) is 11.8. The van der Waals surface area contributed by atoms with Crippen molar-refractivity contribution in [3.63, 3.8) is 0 Å². The Hall–Kier alpha value is -6.39. The summed E-state index contributed by atoms with van der Waals surface area (Å²) in [6.45, 7) is 5.57. The number of aryl methyl sites for hydroxylation is 1. The number of amides is 4. The van der Waals surface area contributed by atoms with E-state index in [2.05, 4.69) is 31.2 Å². The summed E-state index contributed by atoms with van der Waals surface area (Å²) < 4.78 is 29.9. The molecular formula is C47H61N11O9S. The van der Waals surface area contributed by atoms with Crippen LogP contribution in [0.25, 0.3) is 16.1 Å². The standard InChI is InChI=1S/C47H61N11O9S/c1-29-41(68-28-52-29)32-12-10-31(11-13-32)26-51-45(61)38-9-6-15-57(38)46(62)30(2)53-39(59)27-66-20-19-64-17-18-65-21-22-67-35-24-33(23-34(25-35)63-3)54-43-40(42(49)60)44-50-14-16-58(44)47(56-43)55-37-8-5-4-7-36(37)48/h10-14,16,23-25,28,30,36-38,54H,4-9,15,17-22,26-27,48H2,1-3H3,(H2,49,60)(H,51,61)(H,53,59)(H,55,56)/t30-,36+,37-,38-/m0/s1. The molecule has 2 aromatic carbocycles. The highest BCUT2D eigenvalue weighted by atomic mass is 32.1. The first-order valence-corrected chi connectivity index (χ1v) is 23.7. The molecule has 4 heterocycles. The molecule has 0 bridgehead atoms. The first-order chi connectivity index (χ1) is 33.0. The average Bonchev–Trinajstić information content (AvgIpc) is 4.13. The fourth-order valence-electron chi connectivity index (χ4n) is 8.27. The molecule has 364 valence electrons. The number of methoxy groups -OCH3 is 1. The summed E-state index contributed by atoms with van der Waals surface area (Å²) in [6, 6.07) is 11.7. The van der Waals surface area contributed by atoms with Gasteiger partial charge in [-0.25, -0.2) is 9.97 Å². The molecule has 0 radical (unpaired) electrons. The normalized spacial score (nSPS) is 17.4. The zero-order chi connectivity index (χ0) is 48.0. The number of imidazole rings is 1. The number of likely N-dealkylation sites (tertiary alicyclic amines) is 1. The van der Waals surface area contributed by atoms with E-state index in [4.69, 9.17) is 40.1 Å². The van der Waals surface area contributed by atoms with Crippen LogP contribution in [0, 0.1) is 6.92 Å². The minimum Gasteiger partial charge on any atom is -0.497 e. The Balaban J connectivity index is 0.770. The summed E-state index contributed by atoms with van der Waals surface area (Å²) in [5.41, 5.74) is 18.1. The van der Waals surface area contributed by atoms with E-state index in [0.29, 0.717) is 61.3 Å². The van der Waals surface area contributed by atoms with Crippen LogP contribution in [-0.2, 0) is 35.1 Å². The highest BCUT2D eigenvalue weighted by Gasteiger charge is 2.36. The summed E-state index contributed by atoms with van der Waals surface area (Å²) in [6.07, 6.45) is 8.49. The molecule has 0 spiro atoms. The number of hydrogen-bond donors (Lipinski definition) is 6. The number of primary amides is 1. The number of nitrogens with one attached hydrogen (secondary N) is 4. The van der Waals surface area contributed by atoms with Crippen molar-refractivity contribution >= 4 is 58.1 Å². The molecule has 20 nitrogen and oxygen atoms in total. The number of fused-ring (bicyclic) bond motifs is 1. The van der Waals surface area contributed by atoms with Gasteiger partial charge in [0, 0.05) is 61.5 Å². The Bertz CT molecular complexity index is 2500. The second-order valence-corrected chi connectivity index (χ2v) is 17.5. The van der Waals surface area contributed by atoms with Gasteiger partial charge in [-0.2, -0.15) is 4.98 Å². The third-order valence-corrected chi connectivity index (χ3v) is 12.8. The van der Waals surface area contributed by atoms with Crippen LogP contribution < -0.4 is 42.2 Å². The second-order valence-electron chi connectivity index (χ2n) is 16.7. The summed E-state index contributed by atoms with van der Waals surface area (Å²) in [7, 11) is 1.54. The number of carbonyl (C=O) groups is 4. The summed E-state index contributed by atoms with van der Waals surface area (Å²) >= 11 is 1.59. The lowest BCUT2D eigenvalue weighted by atomic mass is 9.91. The minimum atomic E-state index is -0.831. The first-order valence-electron chi connectivity index (χ1n) is 22.9. The van der Waals surface area contributed by atoms with Crippen LogP contribution in [0.3, 0.4) is 0 Å². The predicted octanol–water partition coefficient (Wildman–Crippen LogP) is 3.93. The van der Waals surface area contributed by atoms with E-state index in [0.717, 1.165) is 47.4 Å². The number of rotatable bonds is 24. The van der Waals surface area contributed by atoms with Gasteiger partial charge in [0.15, 0.2) is 11.5 Å². The van der Waals surface area contributed by atoms with Crippen LogP contribution in [-0.4, -0.2) is 132 Å².